The second-order valence-corrected chi connectivity index (χ2v) is 6.24. The zero-order chi connectivity index (χ0) is 13.1. The Hall–Kier alpha value is -1.31. The molecule has 1 aromatic heterocycles. The molecule has 94 valence electrons. The molecule has 2 heteroatoms. The maximum absolute atomic E-state index is 4.31. The van der Waals surface area contributed by atoms with Crippen LogP contribution in [0.5, 0.6) is 0 Å². The predicted octanol–water partition coefficient (Wildman–Crippen LogP) is 4.67. The molecule has 1 aromatic carbocycles. The standard InChI is InChI=1S/C10H12N2.C5H12/c1-8(2)12-10-6-4-3-5-9(10)7-11-12;1-5(2,3)4/h3-8H,1-2H3;1-4H3. The normalized spacial score (nSPS) is 11.5. The van der Waals surface area contributed by atoms with Crippen LogP contribution in [0.1, 0.15) is 47.6 Å². The van der Waals surface area contributed by atoms with Gasteiger partial charge in [0, 0.05) is 11.4 Å². The van der Waals surface area contributed by atoms with Crippen LogP contribution in [-0.2, 0) is 0 Å². The number of rotatable bonds is 1. The largest absolute Gasteiger partial charge is 0.262 e. The van der Waals surface area contributed by atoms with Crippen LogP contribution in [0.2, 0.25) is 0 Å². The molecule has 0 atom stereocenters. The van der Waals surface area contributed by atoms with Crippen LogP contribution in [0.4, 0.5) is 0 Å². The van der Waals surface area contributed by atoms with Gasteiger partial charge in [0.15, 0.2) is 0 Å². The number of nitrogens with zero attached hydrogens (tertiary/aromatic N) is 2. The summed E-state index contributed by atoms with van der Waals surface area (Å²) >= 11 is 0. The zero-order valence-corrected chi connectivity index (χ0v) is 11.9. The van der Waals surface area contributed by atoms with Crippen molar-refractivity contribution in [3.8, 4) is 0 Å². The van der Waals surface area contributed by atoms with E-state index in [-0.39, 0.29) is 0 Å². The summed E-state index contributed by atoms with van der Waals surface area (Å²) in [4.78, 5) is 0. The average molecular weight is 232 g/mol. The van der Waals surface area contributed by atoms with Gasteiger partial charge in [-0.3, -0.25) is 4.68 Å². The number of hydrogen-bond donors (Lipinski definition) is 0. The summed E-state index contributed by atoms with van der Waals surface area (Å²) in [5.41, 5.74) is 1.72. The molecule has 0 aliphatic carbocycles. The van der Waals surface area contributed by atoms with E-state index in [1.807, 2.05) is 23.0 Å². The average Bonchev–Trinajstić information content (AvgIpc) is 2.58. The first kappa shape index (κ1) is 13.8. The Morgan fingerprint density at radius 2 is 1.59 bits per heavy atom. The van der Waals surface area contributed by atoms with E-state index in [2.05, 4.69) is 58.8 Å². The molecule has 0 saturated heterocycles. The van der Waals surface area contributed by atoms with Crippen molar-refractivity contribution in [2.75, 3.05) is 0 Å². The van der Waals surface area contributed by atoms with E-state index in [0.717, 1.165) is 0 Å². The molecule has 2 rings (SSSR count). The summed E-state index contributed by atoms with van der Waals surface area (Å²) in [5, 5.41) is 5.53. The number of aromatic nitrogens is 2. The van der Waals surface area contributed by atoms with Crippen LogP contribution < -0.4 is 0 Å². The van der Waals surface area contributed by atoms with Crippen molar-refractivity contribution in [3.63, 3.8) is 0 Å². The Labute approximate surface area is 105 Å². The van der Waals surface area contributed by atoms with Gasteiger partial charge in [0.2, 0.25) is 0 Å². The van der Waals surface area contributed by atoms with Crippen LogP contribution in [0, 0.1) is 5.41 Å². The second-order valence-electron chi connectivity index (χ2n) is 6.24. The molecule has 0 spiro atoms. The van der Waals surface area contributed by atoms with Crippen molar-refractivity contribution in [2.45, 2.75) is 47.6 Å². The number of fused-ring (bicyclic) bond motifs is 1. The molecule has 17 heavy (non-hydrogen) atoms. The number of benzene rings is 1. The van der Waals surface area contributed by atoms with Gasteiger partial charge in [-0.25, -0.2) is 0 Å². The van der Waals surface area contributed by atoms with Gasteiger partial charge in [-0.2, -0.15) is 5.10 Å². The lowest BCUT2D eigenvalue weighted by atomic mass is 10.0. The Bertz CT molecular complexity index is 455. The lowest BCUT2D eigenvalue weighted by Crippen LogP contribution is -2.01. The van der Waals surface area contributed by atoms with Crippen LogP contribution in [0.3, 0.4) is 0 Å². The molecule has 2 aromatic rings. The summed E-state index contributed by atoms with van der Waals surface area (Å²) in [6.07, 6.45) is 1.91. The van der Waals surface area contributed by atoms with E-state index < -0.39 is 0 Å². The Morgan fingerprint density at radius 1 is 1.06 bits per heavy atom. The maximum atomic E-state index is 4.31. The summed E-state index contributed by atoms with van der Waals surface area (Å²) in [6, 6.07) is 8.70. The number of para-hydroxylation sites is 1. The van der Waals surface area contributed by atoms with Crippen molar-refractivity contribution in [1.29, 1.82) is 0 Å². The van der Waals surface area contributed by atoms with Gasteiger partial charge in [0.1, 0.15) is 0 Å². The fourth-order valence-corrected chi connectivity index (χ4v) is 1.40. The molecule has 2 nitrogen and oxygen atoms in total. The lowest BCUT2D eigenvalue weighted by Gasteiger charge is -2.05. The predicted molar refractivity (Wildman–Crippen MR) is 75.2 cm³/mol. The van der Waals surface area contributed by atoms with Gasteiger partial charge in [0.25, 0.3) is 0 Å². The van der Waals surface area contributed by atoms with Crippen LogP contribution >= 0.6 is 0 Å². The van der Waals surface area contributed by atoms with Gasteiger partial charge in [-0.15, -0.1) is 0 Å². The molecule has 0 aliphatic heterocycles. The van der Waals surface area contributed by atoms with Crippen molar-refractivity contribution >= 4 is 10.9 Å². The third-order valence-corrected chi connectivity index (χ3v) is 1.99. The molecular formula is C15H24N2. The highest BCUT2D eigenvalue weighted by atomic mass is 15.3. The van der Waals surface area contributed by atoms with Gasteiger partial charge in [0.05, 0.1) is 11.7 Å². The van der Waals surface area contributed by atoms with Crippen LogP contribution in [0.15, 0.2) is 30.5 Å². The minimum absolute atomic E-state index is 0.435. The topological polar surface area (TPSA) is 17.8 Å². The molecule has 0 aliphatic rings. The first-order chi connectivity index (χ1) is 7.79. The maximum Gasteiger partial charge on any atom is 0.0685 e. The monoisotopic (exact) mass is 232 g/mol. The highest BCUT2D eigenvalue weighted by Crippen LogP contribution is 2.16. The van der Waals surface area contributed by atoms with Gasteiger partial charge < -0.3 is 0 Å². The summed E-state index contributed by atoms with van der Waals surface area (Å²) in [6.45, 7) is 13.0. The van der Waals surface area contributed by atoms with Crippen molar-refractivity contribution in [1.82, 2.24) is 9.78 Å². The molecule has 0 bridgehead atoms. The molecule has 0 fully saturated rings. The molecule has 0 unspecified atom stereocenters. The van der Waals surface area contributed by atoms with Gasteiger partial charge in [-0.1, -0.05) is 45.9 Å². The minimum atomic E-state index is 0.435. The van der Waals surface area contributed by atoms with E-state index in [0.29, 0.717) is 11.5 Å². The van der Waals surface area contributed by atoms with E-state index in [1.165, 1.54) is 10.9 Å². The third kappa shape index (κ3) is 4.59. The quantitative estimate of drug-likeness (QED) is 0.698. The highest BCUT2D eigenvalue weighted by molar-refractivity contribution is 5.78. The molecule has 0 amide bonds. The molecule has 0 saturated carbocycles. The van der Waals surface area contributed by atoms with E-state index in [9.17, 15) is 0 Å². The summed E-state index contributed by atoms with van der Waals surface area (Å²) < 4.78 is 2.04. The molecule has 0 radical (unpaired) electrons. The fraction of sp³-hybridized carbons (Fsp3) is 0.533. The first-order valence-corrected chi connectivity index (χ1v) is 6.21. The summed E-state index contributed by atoms with van der Waals surface area (Å²) in [5.74, 6) is 0. The Morgan fingerprint density at radius 3 is 2.12 bits per heavy atom. The van der Waals surface area contributed by atoms with E-state index in [4.69, 9.17) is 0 Å². The molecule has 1 heterocycles. The van der Waals surface area contributed by atoms with Gasteiger partial charge in [-0.05, 0) is 25.3 Å². The Balaban J connectivity index is 0.000000249. The zero-order valence-electron chi connectivity index (χ0n) is 11.9. The van der Waals surface area contributed by atoms with Crippen molar-refractivity contribution in [3.05, 3.63) is 30.5 Å². The Kier molecular flexibility index (Phi) is 4.33. The third-order valence-electron chi connectivity index (χ3n) is 1.99. The number of hydrogen-bond acceptors (Lipinski definition) is 1. The lowest BCUT2D eigenvalue weighted by molar-refractivity contribution is 0.469. The summed E-state index contributed by atoms with van der Waals surface area (Å²) in [7, 11) is 0. The van der Waals surface area contributed by atoms with E-state index in [1.54, 1.807) is 0 Å². The van der Waals surface area contributed by atoms with Crippen molar-refractivity contribution in [2.24, 2.45) is 5.41 Å². The van der Waals surface area contributed by atoms with E-state index >= 15 is 0 Å². The smallest absolute Gasteiger partial charge is 0.0685 e. The van der Waals surface area contributed by atoms with Crippen LogP contribution in [0.25, 0.3) is 10.9 Å². The van der Waals surface area contributed by atoms with Crippen LogP contribution in [-0.4, -0.2) is 9.78 Å². The SMILES string of the molecule is CC(C)(C)C.CC(C)n1ncc2ccccc21. The minimum Gasteiger partial charge on any atom is -0.262 e. The first-order valence-electron chi connectivity index (χ1n) is 6.21. The molecular weight excluding hydrogens is 208 g/mol. The molecule has 0 N–H and O–H groups in total. The van der Waals surface area contributed by atoms with Crippen molar-refractivity contribution < 1.29 is 0 Å². The second kappa shape index (κ2) is 5.35. The fourth-order valence-electron chi connectivity index (χ4n) is 1.40. The highest BCUT2D eigenvalue weighted by Gasteiger charge is 2.03. The van der Waals surface area contributed by atoms with Gasteiger partial charge >= 0.3 is 0 Å².